The Hall–Kier alpha value is -0.800. The van der Waals surface area contributed by atoms with Gasteiger partial charge in [0.05, 0.1) is 6.54 Å². The molecule has 0 fully saturated rings. The number of rotatable bonds is 3. The summed E-state index contributed by atoms with van der Waals surface area (Å²) in [5, 5.41) is 14.4. The van der Waals surface area contributed by atoms with Crippen LogP contribution < -0.4 is 0 Å². The van der Waals surface area contributed by atoms with Crippen molar-refractivity contribution in [3.05, 3.63) is 0 Å². The zero-order valence-electron chi connectivity index (χ0n) is 5.20. The fourth-order valence-corrected chi connectivity index (χ4v) is 0.236. The Balaban J connectivity index is 3.03. The molecule has 0 rings (SSSR count). The van der Waals surface area contributed by atoms with Gasteiger partial charge in [-0.2, -0.15) is 20.5 Å². The molecule has 0 aromatic carbocycles. The molecule has 0 aliphatic heterocycles. The van der Waals surface area contributed by atoms with Crippen molar-refractivity contribution in [2.75, 3.05) is 20.3 Å². The van der Waals surface area contributed by atoms with E-state index in [1.54, 1.807) is 7.05 Å². The maximum Gasteiger partial charge on any atom is 0.170 e. The largest absolute Gasteiger partial charge is 0.196 e. The minimum Gasteiger partial charge on any atom is -0.196 e. The fourth-order valence-electron chi connectivity index (χ4n) is 0.236. The summed E-state index contributed by atoms with van der Waals surface area (Å²) in [5.74, 6) is 0. The third-order valence-electron chi connectivity index (χ3n) is 0.509. The van der Waals surface area contributed by atoms with Crippen LogP contribution in [0.3, 0.4) is 0 Å². The molecule has 0 saturated heterocycles. The van der Waals surface area contributed by atoms with Gasteiger partial charge in [0.15, 0.2) is 6.67 Å². The molecule has 0 atom stereocenters. The van der Waals surface area contributed by atoms with Crippen molar-refractivity contribution >= 4 is 0 Å². The third kappa shape index (κ3) is 5.20. The third-order valence-corrected chi connectivity index (χ3v) is 0.509. The molecule has 4 heteroatoms. The molecule has 0 aliphatic rings. The first-order valence-corrected chi connectivity index (χ1v) is 2.50. The van der Waals surface area contributed by atoms with Crippen LogP contribution in [0.25, 0.3) is 0 Å². The van der Waals surface area contributed by atoms with Crippen LogP contribution in [0.5, 0.6) is 0 Å². The van der Waals surface area contributed by atoms with Gasteiger partial charge in [-0.25, -0.2) is 0 Å². The Morgan fingerprint density at radius 1 is 1.12 bits per heavy atom. The number of nitrogens with zero attached hydrogens (tertiary/aromatic N) is 4. The molecule has 0 aliphatic carbocycles. The highest BCUT2D eigenvalue weighted by Gasteiger charge is 1.67. The molecule has 0 N–H and O–H groups in total. The van der Waals surface area contributed by atoms with Gasteiger partial charge < -0.3 is 0 Å². The Kier molecular flexibility index (Phi) is 5.58. The van der Waals surface area contributed by atoms with E-state index < -0.39 is 0 Å². The topological polar surface area (TPSA) is 49.4 Å². The van der Waals surface area contributed by atoms with Crippen molar-refractivity contribution in [2.45, 2.75) is 6.92 Å². The van der Waals surface area contributed by atoms with Crippen molar-refractivity contribution in [3.63, 3.8) is 0 Å². The minimum atomic E-state index is 0.365. The van der Waals surface area contributed by atoms with E-state index >= 15 is 0 Å². The van der Waals surface area contributed by atoms with E-state index in [0.29, 0.717) is 6.67 Å². The summed E-state index contributed by atoms with van der Waals surface area (Å²) in [6, 6.07) is 0. The molecule has 0 heterocycles. The van der Waals surface area contributed by atoms with E-state index in [2.05, 4.69) is 20.5 Å². The highest BCUT2D eigenvalue weighted by atomic mass is 15.2. The monoisotopic (exact) mass is 114 g/mol. The van der Waals surface area contributed by atoms with Crippen molar-refractivity contribution < 1.29 is 0 Å². The molecule has 0 aromatic rings. The number of hydrogen-bond donors (Lipinski definition) is 0. The minimum absolute atomic E-state index is 0.365. The molecule has 0 spiro atoms. The van der Waals surface area contributed by atoms with Gasteiger partial charge in [0.2, 0.25) is 0 Å². The molecule has 0 aromatic heterocycles. The predicted octanol–water partition coefficient (Wildman–Crippen LogP) is 1.50. The molecule has 0 saturated carbocycles. The van der Waals surface area contributed by atoms with Crippen molar-refractivity contribution in [1.29, 1.82) is 0 Å². The highest BCUT2D eigenvalue weighted by molar-refractivity contribution is 4.28. The molecule has 8 heavy (non-hydrogen) atoms. The lowest BCUT2D eigenvalue weighted by Gasteiger charge is -1.77. The first-order valence-electron chi connectivity index (χ1n) is 2.50. The average molecular weight is 114 g/mol. The lowest BCUT2D eigenvalue weighted by molar-refractivity contribution is 0.841. The average Bonchev–Trinajstić information content (AvgIpc) is 1.81. The van der Waals surface area contributed by atoms with Gasteiger partial charge in [0, 0.05) is 7.05 Å². The Morgan fingerprint density at radius 2 is 1.88 bits per heavy atom. The van der Waals surface area contributed by atoms with Gasteiger partial charge in [-0.05, 0) is 6.92 Å². The van der Waals surface area contributed by atoms with Gasteiger partial charge in [0.1, 0.15) is 0 Å². The maximum absolute atomic E-state index is 3.68. The molecule has 0 amide bonds. The Labute approximate surface area is 48.7 Å². The second-order valence-electron chi connectivity index (χ2n) is 1.08. The zero-order valence-corrected chi connectivity index (χ0v) is 5.20. The standard InChI is InChI=1S/C4H10N4/c1-3-6-8-4-7-5-2/h3-4H2,1-2H3/b7-5+,8-6-. The molecular formula is C4H10N4. The summed E-state index contributed by atoms with van der Waals surface area (Å²) in [7, 11) is 1.61. The smallest absolute Gasteiger partial charge is 0.170 e. The summed E-state index contributed by atoms with van der Waals surface area (Å²) >= 11 is 0. The Bertz CT molecular complexity index is 86.0. The van der Waals surface area contributed by atoms with Gasteiger partial charge in [-0.3, -0.25) is 0 Å². The Morgan fingerprint density at radius 3 is 2.38 bits per heavy atom. The van der Waals surface area contributed by atoms with Gasteiger partial charge >= 0.3 is 0 Å². The molecule has 46 valence electrons. The number of azo groups is 2. The zero-order chi connectivity index (χ0) is 6.24. The molecule has 0 bridgehead atoms. The van der Waals surface area contributed by atoms with E-state index in [1.165, 1.54) is 0 Å². The molecule has 4 nitrogen and oxygen atoms in total. The van der Waals surface area contributed by atoms with Crippen LogP contribution in [0.1, 0.15) is 6.92 Å². The highest BCUT2D eigenvalue weighted by Crippen LogP contribution is 1.76. The van der Waals surface area contributed by atoms with E-state index in [4.69, 9.17) is 0 Å². The van der Waals surface area contributed by atoms with Crippen LogP contribution in [0.2, 0.25) is 0 Å². The van der Waals surface area contributed by atoms with Crippen molar-refractivity contribution in [2.24, 2.45) is 20.5 Å². The molecule has 0 radical (unpaired) electrons. The van der Waals surface area contributed by atoms with E-state index in [9.17, 15) is 0 Å². The first-order chi connectivity index (χ1) is 3.91. The van der Waals surface area contributed by atoms with Crippen LogP contribution in [-0.4, -0.2) is 20.3 Å². The molecular weight excluding hydrogens is 104 g/mol. The second kappa shape index (κ2) is 6.20. The first kappa shape index (κ1) is 7.20. The van der Waals surface area contributed by atoms with E-state index in [0.717, 1.165) is 6.54 Å². The van der Waals surface area contributed by atoms with Crippen LogP contribution in [0, 0.1) is 0 Å². The van der Waals surface area contributed by atoms with E-state index in [1.807, 2.05) is 6.92 Å². The van der Waals surface area contributed by atoms with Gasteiger partial charge in [-0.1, -0.05) is 0 Å². The SMILES string of the molecule is CC/N=N\C/N=N/C. The second-order valence-corrected chi connectivity index (χ2v) is 1.08. The number of hydrogen-bond acceptors (Lipinski definition) is 4. The van der Waals surface area contributed by atoms with E-state index in [-0.39, 0.29) is 0 Å². The lowest BCUT2D eigenvalue weighted by atomic mass is 10.8. The summed E-state index contributed by atoms with van der Waals surface area (Å²) < 4.78 is 0. The fraction of sp³-hybridized carbons (Fsp3) is 1.00. The van der Waals surface area contributed by atoms with Crippen LogP contribution >= 0.6 is 0 Å². The van der Waals surface area contributed by atoms with Gasteiger partial charge in [0.25, 0.3) is 0 Å². The van der Waals surface area contributed by atoms with Crippen LogP contribution in [0.4, 0.5) is 0 Å². The summed E-state index contributed by atoms with van der Waals surface area (Å²) in [4.78, 5) is 0. The summed E-state index contributed by atoms with van der Waals surface area (Å²) in [6.45, 7) is 3.01. The van der Waals surface area contributed by atoms with Gasteiger partial charge in [-0.15, -0.1) is 0 Å². The van der Waals surface area contributed by atoms with Crippen molar-refractivity contribution in [1.82, 2.24) is 0 Å². The summed E-state index contributed by atoms with van der Waals surface area (Å²) in [6.07, 6.45) is 0. The molecule has 0 unspecified atom stereocenters. The normalized spacial score (nSPS) is 11.8. The quantitative estimate of drug-likeness (QED) is 0.499. The predicted molar refractivity (Wildman–Crippen MR) is 31.0 cm³/mol. The maximum atomic E-state index is 3.68. The van der Waals surface area contributed by atoms with Crippen LogP contribution in [-0.2, 0) is 0 Å². The lowest BCUT2D eigenvalue weighted by Crippen LogP contribution is -1.69. The van der Waals surface area contributed by atoms with Crippen molar-refractivity contribution in [3.8, 4) is 0 Å². The van der Waals surface area contributed by atoms with Crippen LogP contribution in [0.15, 0.2) is 20.5 Å². The summed E-state index contributed by atoms with van der Waals surface area (Å²) in [5.41, 5.74) is 0.